The topological polar surface area (TPSA) is 133 Å². The van der Waals surface area contributed by atoms with Gasteiger partial charge < -0.3 is 10.1 Å². The molecule has 222 valence electrons. The van der Waals surface area contributed by atoms with Crippen LogP contribution in [0, 0.1) is 30.5 Å². The third-order valence-electron chi connectivity index (χ3n) is 8.73. The van der Waals surface area contributed by atoms with Gasteiger partial charge in [0.05, 0.1) is 23.6 Å². The molecule has 5 aromatic rings. The fourth-order valence-electron chi connectivity index (χ4n) is 6.67. The summed E-state index contributed by atoms with van der Waals surface area (Å²) >= 11 is 0. The van der Waals surface area contributed by atoms with E-state index in [-0.39, 0.29) is 57.1 Å². The Labute approximate surface area is 247 Å². The highest BCUT2D eigenvalue weighted by Gasteiger charge is 2.48. The Morgan fingerprint density at radius 3 is 2.58 bits per heavy atom. The van der Waals surface area contributed by atoms with Crippen molar-refractivity contribution in [2.24, 2.45) is 17.8 Å². The molecule has 3 saturated carbocycles. The molecular weight excluding hydrogens is 573 g/mol. The van der Waals surface area contributed by atoms with Crippen molar-refractivity contribution >= 4 is 38.5 Å². The van der Waals surface area contributed by atoms with E-state index in [1.54, 1.807) is 31.5 Å². The van der Waals surface area contributed by atoms with Crippen LogP contribution >= 0.6 is 0 Å². The number of fused-ring (bicyclic) bond motifs is 5. The van der Waals surface area contributed by atoms with E-state index in [0.717, 1.165) is 41.4 Å². The fourth-order valence-corrected chi connectivity index (χ4v) is 7.99. The molecule has 3 aliphatic carbocycles. The monoisotopic (exact) mass is 603 g/mol. The van der Waals surface area contributed by atoms with Crippen molar-refractivity contribution < 1.29 is 22.3 Å². The Bertz CT molecular complexity index is 1960. The molecule has 0 unspecified atom stereocenters. The fraction of sp³-hybridized carbons (Fsp3) is 0.367. The van der Waals surface area contributed by atoms with Gasteiger partial charge in [-0.1, -0.05) is 17.7 Å². The Kier molecular flexibility index (Phi) is 6.64. The van der Waals surface area contributed by atoms with Crippen molar-refractivity contribution in [1.29, 1.82) is 0 Å². The molecule has 1 aromatic carbocycles. The molecule has 0 saturated heterocycles. The van der Waals surface area contributed by atoms with Crippen LogP contribution in [0.3, 0.4) is 0 Å². The molecule has 2 bridgehead atoms. The summed E-state index contributed by atoms with van der Waals surface area (Å²) in [6.07, 6.45) is 9.55. The van der Waals surface area contributed by atoms with Crippen LogP contribution in [0.1, 0.15) is 38.2 Å². The van der Waals surface area contributed by atoms with Gasteiger partial charge >= 0.3 is 5.97 Å². The number of ether oxygens (including phenoxy) is 1. The minimum Gasteiger partial charge on any atom is -0.466 e. The van der Waals surface area contributed by atoms with Gasteiger partial charge in [-0.25, -0.2) is 36.2 Å². The minimum atomic E-state index is -4.08. The predicted molar refractivity (Wildman–Crippen MR) is 156 cm³/mol. The summed E-state index contributed by atoms with van der Waals surface area (Å²) in [5.74, 6) is -0.137. The first-order valence-corrected chi connectivity index (χ1v) is 15.8. The molecule has 0 radical (unpaired) electrons. The lowest BCUT2D eigenvalue weighted by atomic mass is 9.61. The molecular formula is C30H30FN7O4S. The number of rotatable bonds is 7. The summed E-state index contributed by atoms with van der Waals surface area (Å²) in [6.45, 7) is 3.98. The number of carbonyl (C=O) groups excluding carboxylic acids is 1. The van der Waals surface area contributed by atoms with Crippen molar-refractivity contribution in [3.63, 3.8) is 0 Å². The van der Waals surface area contributed by atoms with Crippen molar-refractivity contribution in [3.8, 4) is 11.4 Å². The van der Waals surface area contributed by atoms with E-state index in [4.69, 9.17) is 9.72 Å². The first kappa shape index (κ1) is 27.4. The maximum atomic E-state index is 14.5. The summed E-state index contributed by atoms with van der Waals surface area (Å²) in [6, 6.07) is 7.48. The third-order valence-corrected chi connectivity index (χ3v) is 10.4. The number of esters is 1. The molecule has 2 atom stereocenters. The first-order chi connectivity index (χ1) is 20.7. The lowest BCUT2D eigenvalue weighted by Crippen LogP contribution is -2.52. The van der Waals surface area contributed by atoms with Gasteiger partial charge in [-0.3, -0.25) is 4.79 Å². The number of hydrogen-bond acceptors (Lipinski definition) is 9. The standard InChI is InChI=1S/C30H30FN7O4S/c1-3-42-30(39)24-18-6-8-19(9-7-18)25(24)34-27-29-32-12-13-37(29)36-26(35-27)23-16-38(28-22(23)14-20(31)15-33-28)43(40,41)21-10-4-17(2)5-11-21/h4-5,10-16,18-19,24-25H,3,6-9H2,1-2H3,(H,34,35,36)/t18?,19?,24-,25-/m1/s1. The number of imidazole rings is 1. The lowest BCUT2D eigenvalue weighted by Gasteiger charge is -2.47. The number of pyridine rings is 1. The smallest absolute Gasteiger partial charge is 0.311 e. The second-order valence-corrected chi connectivity index (χ2v) is 13.1. The molecule has 13 heteroatoms. The Morgan fingerprint density at radius 1 is 1.09 bits per heavy atom. The van der Waals surface area contributed by atoms with E-state index >= 15 is 0 Å². The van der Waals surface area contributed by atoms with E-state index in [2.05, 4.69) is 20.4 Å². The van der Waals surface area contributed by atoms with Crippen LogP contribution in [0.25, 0.3) is 28.1 Å². The highest BCUT2D eigenvalue weighted by atomic mass is 32.2. The minimum absolute atomic E-state index is 0.0489. The average molecular weight is 604 g/mol. The lowest BCUT2D eigenvalue weighted by molar-refractivity contribution is -0.154. The number of nitrogens with one attached hydrogen (secondary N) is 1. The second-order valence-electron chi connectivity index (χ2n) is 11.3. The van der Waals surface area contributed by atoms with Crippen LogP contribution in [0.2, 0.25) is 0 Å². The highest BCUT2D eigenvalue weighted by Crippen LogP contribution is 2.47. The molecule has 11 nitrogen and oxygen atoms in total. The normalized spacial score (nSPS) is 21.8. The third kappa shape index (κ3) is 4.62. The zero-order chi connectivity index (χ0) is 29.9. The van der Waals surface area contributed by atoms with Crippen LogP contribution in [0.4, 0.5) is 10.2 Å². The summed E-state index contributed by atoms with van der Waals surface area (Å²) in [4.78, 5) is 26.5. The van der Waals surface area contributed by atoms with Crippen LogP contribution in [-0.2, 0) is 19.6 Å². The van der Waals surface area contributed by atoms with E-state index < -0.39 is 15.8 Å². The van der Waals surface area contributed by atoms with Crippen LogP contribution in [0.5, 0.6) is 0 Å². The van der Waals surface area contributed by atoms with Gasteiger partial charge in [-0.05, 0) is 69.6 Å². The Hall–Kier alpha value is -4.39. The maximum Gasteiger partial charge on any atom is 0.311 e. The maximum absolute atomic E-state index is 14.5. The molecule has 3 aliphatic rings. The van der Waals surface area contributed by atoms with Crippen LogP contribution < -0.4 is 5.32 Å². The van der Waals surface area contributed by atoms with Crippen molar-refractivity contribution in [1.82, 2.24) is 28.5 Å². The number of hydrogen-bond donors (Lipinski definition) is 1. The molecule has 3 fully saturated rings. The van der Waals surface area contributed by atoms with Crippen LogP contribution in [0.15, 0.2) is 60.0 Å². The number of benzene rings is 1. The van der Waals surface area contributed by atoms with Crippen LogP contribution in [-0.4, -0.2) is 55.6 Å². The number of aromatic nitrogens is 6. The van der Waals surface area contributed by atoms with Gasteiger partial charge in [0.1, 0.15) is 5.82 Å². The second kappa shape index (κ2) is 10.4. The van der Waals surface area contributed by atoms with E-state index in [0.29, 0.717) is 18.1 Å². The number of anilines is 1. The average Bonchev–Trinajstić information content (AvgIpc) is 3.63. The van der Waals surface area contributed by atoms with E-state index in [1.165, 1.54) is 28.9 Å². The number of halogens is 1. The summed E-state index contributed by atoms with van der Waals surface area (Å²) in [5.41, 5.74) is 1.69. The quantitative estimate of drug-likeness (QED) is 0.265. The summed E-state index contributed by atoms with van der Waals surface area (Å²) in [5, 5.41) is 8.36. The summed E-state index contributed by atoms with van der Waals surface area (Å²) < 4.78 is 50.0. The molecule has 43 heavy (non-hydrogen) atoms. The zero-order valence-electron chi connectivity index (χ0n) is 23.6. The number of carbonyl (C=O) groups is 1. The Balaban J connectivity index is 1.36. The van der Waals surface area contributed by atoms with Gasteiger partial charge in [-0.15, -0.1) is 5.10 Å². The molecule has 0 spiro atoms. The molecule has 8 rings (SSSR count). The molecule has 0 amide bonds. The van der Waals surface area contributed by atoms with Crippen molar-refractivity contribution in [3.05, 3.63) is 66.5 Å². The SMILES string of the molecule is CCOC(=O)[C@@H]1C2CCC(CC2)[C@H]1Nc1nc(-c2cn(S(=O)(=O)c3ccc(C)cc3)c3ncc(F)cc23)nn2ccnc12. The van der Waals surface area contributed by atoms with Crippen molar-refractivity contribution in [2.45, 2.75) is 50.5 Å². The van der Waals surface area contributed by atoms with Crippen molar-refractivity contribution in [2.75, 3.05) is 11.9 Å². The molecule has 4 heterocycles. The molecule has 4 aromatic heterocycles. The van der Waals surface area contributed by atoms with Gasteiger partial charge in [-0.2, -0.15) is 0 Å². The van der Waals surface area contributed by atoms with Gasteiger partial charge in [0.15, 0.2) is 22.9 Å². The first-order valence-electron chi connectivity index (χ1n) is 14.4. The summed E-state index contributed by atoms with van der Waals surface area (Å²) in [7, 11) is -4.08. The highest BCUT2D eigenvalue weighted by molar-refractivity contribution is 7.90. The van der Waals surface area contributed by atoms with E-state index in [1.807, 2.05) is 6.92 Å². The van der Waals surface area contributed by atoms with Gasteiger partial charge in [0.2, 0.25) is 0 Å². The molecule has 1 N–H and O–H groups in total. The van der Waals surface area contributed by atoms with Gasteiger partial charge in [0.25, 0.3) is 10.0 Å². The largest absolute Gasteiger partial charge is 0.466 e. The predicted octanol–water partition coefficient (Wildman–Crippen LogP) is 4.61. The number of nitrogens with zero attached hydrogens (tertiary/aromatic N) is 6. The van der Waals surface area contributed by atoms with E-state index in [9.17, 15) is 17.6 Å². The zero-order valence-corrected chi connectivity index (χ0v) is 24.5. The molecule has 0 aliphatic heterocycles. The Morgan fingerprint density at radius 2 is 1.84 bits per heavy atom. The van der Waals surface area contributed by atoms with Gasteiger partial charge in [0, 0.05) is 35.6 Å². The number of aryl methyl sites for hydroxylation is 1.